The fourth-order valence-electron chi connectivity index (χ4n) is 2.18. The standard InChI is InChI=1S/C16H20N2O3/c1-10(2)8-13-15(19)18-14(16(20)17-13)9-11-4-6-12(21-3)7-5-11/h4-7,9-10,13H,8H2,1-3H3,(H,17,20)(H,18,19)/t13-/m1/s1. The normalized spacial score (nSPS) is 20.4. The Morgan fingerprint density at radius 2 is 1.90 bits per heavy atom. The molecule has 21 heavy (non-hydrogen) atoms. The summed E-state index contributed by atoms with van der Waals surface area (Å²) in [5, 5.41) is 5.42. The van der Waals surface area contributed by atoms with E-state index in [2.05, 4.69) is 10.6 Å². The highest BCUT2D eigenvalue weighted by Gasteiger charge is 2.29. The van der Waals surface area contributed by atoms with Crippen molar-refractivity contribution in [3.63, 3.8) is 0 Å². The van der Waals surface area contributed by atoms with E-state index in [-0.39, 0.29) is 17.5 Å². The Labute approximate surface area is 124 Å². The maximum absolute atomic E-state index is 12.0. The quantitative estimate of drug-likeness (QED) is 0.829. The van der Waals surface area contributed by atoms with E-state index in [0.29, 0.717) is 12.3 Å². The zero-order valence-corrected chi connectivity index (χ0v) is 12.5. The number of hydrogen-bond donors (Lipinski definition) is 2. The molecule has 1 aliphatic rings. The van der Waals surface area contributed by atoms with Crippen molar-refractivity contribution in [1.82, 2.24) is 10.6 Å². The van der Waals surface area contributed by atoms with Crippen LogP contribution in [0.3, 0.4) is 0 Å². The van der Waals surface area contributed by atoms with Gasteiger partial charge >= 0.3 is 0 Å². The van der Waals surface area contributed by atoms with Crippen LogP contribution in [0.4, 0.5) is 0 Å². The molecule has 0 bridgehead atoms. The number of carbonyl (C=O) groups excluding carboxylic acids is 2. The summed E-state index contributed by atoms with van der Waals surface area (Å²) in [6, 6.07) is 6.80. The predicted octanol–water partition coefficient (Wildman–Crippen LogP) is 1.70. The molecule has 0 radical (unpaired) electrons. The van der Waals surface area contributed by atoms with Crippen molar-refractivity contribution >= 4 is 17.9 Å². The number of amides is 2. The van der Waals surface area contributed by atoms with Crippen LogP contribution in [0.2, 0.25) is 0 Å². The van der Waals surface area contributed by atoms with Crippen LogP contribution in [0.1, 0.15) is 25.8 Å². The second kappa shape index (κ2) is 6.43. The summed E-state index contributed by atoms with van der Waals surface area (Å²) in [6.07, 6.45) is 2.28. The van der Waals surface area contributed by atoms with E-state index in [1.807, 2.05) is 26.0 Å². The van der Waals surface area contributed by atoms with Gasteiger partial charge in [-0.05, 0) is 36.1 Å². The zero-order valence-electron chi connectivity index (χ0n) is 12.5. The highest BCUT2D eigenvalue weighted by Crippen LogP contribution is 2.15. The smallest absolute Gasteiger partial charge is 0.268 e. The molecular weight excluding hydrogens is 268 g/mol. The number of ether oxygens (including phenoxy) is 1. The topological polar surface area (TPSA) is 67.4 Å². The molecule has 2 rings (SSSR count). The third kappa shape index (κ3) is 3.84. The van der Waals surface area contributed by atoms with Gasteiger partial charge in [-0.2, -0.15) is 0 Å². The van der Waals surface area contributed by atoms with E-state index in [1.54, 1.807) is 25.3 Å². The average Bonchev–Trinajstić information content (AvgIpc) is 2.44. The summed E-state index contributed by atoms with van der Waals surface area (Å²) in [5.41, 5.74) is 1.09. The van der Waals surface area contributed by atoms with Crippen LogP contribution in [-0.4, -0.2) is 25.0 Å². The van der Waals surface area contributed by atoms with Crippen molar-refractivity contribution in [2.45, 2.75) is 26.3 Å². The summed E-state index contributed by atoms with van der Waals surface area (Å²) >= 11 is 0. The predicted molar refractivity (Wildman–Crippen MR) is 80.5 cm³/mol. The Balaban J connectivity index is 2.12. The Bertz CT molecular complexity index is 561. The van der Waals surface area contributed by atoms with E-state index in [4.69, 9.17) is 4.74 Å². The Morgan fingerprint density at radius 1 is 1.24 bits per heavy atom. The highest BCUT2D eigenvalue weighted by atomic mass is 16.5. The van der Waals surface area contributed by atoms with Crippen molar-refractivity contribution in [3.8, 4) is 5.75 Å². The lowest BCUT2D eigenvalue weighted by atomic mass is 10.0. The van der Waals surface area contributed by atoms with Crippen LogP contribution >= 0.6 is 0 Å². The van der Waals surface area contributed by atoms with Crippen molar-refractivity contribution < 1.29 is 14.3 Å². The molecule has 0 spiro atoms. The molecule has 5 heteroatoms. The van der Waals surface area contributed by atoms with Gasteiger partial charge in [0.25, 0.3) is 5.91 Å². The molecule has 2 amide bonds. The van der Waals surface area contributed by atoms with Gasteiger partial charge < -0.3 is 15.4 Å². The van der Waals surface area contributed by atoms with Gasteiger partial charge in [0.05, 0.1) is 7.11 Å². The Morgan fingerprint density at radius 3 is 2.48 bits per heavy atom. The van der Waals surface area contributed by atoms with Crippen LogP contribution < -0.4 is 15.4 Å². The lowest BCUT2D eigenvalue weighted by Gasteiger charge is -2.26. The number of piperazine rings is 1. The van der Waals surface area contributed by atoms with Gasteiger partial charge in [-0.1, -0.05) is 26.0 Å². The van der Waals surface area contributed by atoms with Crippen molar-refractivity contribution in [2.75, 3.05) is 7.11 Å². The van der Waals surface area contributed by atoms with Crippen LogP contribution in [0.25, 0.3) is 6.08 Å². The second-order valence-corrected chi connectivity index (χ2v) is 5.48. The molecule has 112 valence electrons. The SMILES string of the molecule is COc1ccc(C=C2NC(=O)[C@@H](CC(C)C)NC2=O)cc1. The lowest BCUT2D eigenvalue weighted by molar-refractivity contribution is -0.131. The average molecular weight is 288 g/mol. The molecule has 1 aromatic carbocycles. The van der Waals surface area contributed by atoms with Crippen LogP contribution in [0.15, 0.2) is 30.0 Å². The summed E-state index contributed by atoms with van der Waals surface area (Å²) < 4.78 is 5.08. The molecule has 1 fully saturated rings. The van der Waals surface area contributed by atoms with Gasteiger partial charge in [0.1, 0.15) is 17.5 Å². The molecule has 1 aliphatic heterocycles. The van der Waals surface area contributed by atoms with Gasteiger partial charge in [-0.3, -0.25) is 9.59 Å². The number of carbonyl (C=O) groups is 2. The molecule has 1 atom stereocenters. The minimum atomic E-state index is -0.453. The van der Waals surface area contributed by atoms with Gasteiger partial charge in [0.2, 0.25) is 5.91 Å². The second-order valence-electron chi connectivity index (χ2n) is 5.48. The minimum Gasteiger partial charge on any atom is -0.497 e. The first-order chi connectivity index (χ1) is 9.99. The Kier molecular flexibility index (Phi) is 4.62. The fraction of sp³-hybridized carbons (Fsp3) is 0.375. The highest BCUT2D eigenvalue weighted by molar-refractivity contribution is 6.07. The van der Waals surface area contributed by atoms with Crippen LogP contribution in [-0.2, 0) is 9.59 Å². The molecule has 5 nitrogen and oxygen atoms in total. The van der Waals surface area contributed by atoms with E-state index in [1.165, 1.54) is 0 Å². The third-order valence-corrected chi connectivity index (χ3v) is 3.26. The van der Waals surface area contributed by atoms with E-state index < -0.39 is 6.04 Å². The zero-order chi connectivity index (χ0) is 15.4. The number of benzene rings is 1. The number of methoxy groups -OCH3 is 1. The van der Waals surface area contributed by atoms with E-state index in [0.717, 1.165) is 11.3 Å². The maximum atomic E-state index is 12.0. The molecule has 2 N–H and O–H groups in total. The number of nitrogens with one attached hydrogen (secondary N) is 2. The molecular formula is C16H20N2O3. The minimum absolute atomic E-state index is 0.164. The van der Waals surface area contributed by atoms with Crippen molar-refractivity contribution in [1.29, 1.82) is 0 Å². The number of hydrogen-bond acceptors (Lipinski definition) is 3. The van der Waals surface area contributed by atoms with Gasteiger partial charge in [-0.15, -0.1) is 0 Å². The summed E-state index contributed by atoms with van der Waals surface area (Å²) in [5.74, 6) is 0.665. The molecule has 0 aliphatic carbocycles. The first-order valence-corrected chi connectivity index (χ1v) is 6.97. The molecule has 0 unspecified atom stereocenters. The van der Waals surface area contributed by atoms with E-state index >= 15 is 0 Å². The molecule has 1 saturated heterocycles. The Hall–Kier alpha value is -2.30. The first kappa shape index (κ1) is 15.1. The van der Waals surface area contributed by atoms with E-state index in [9.17, 15) is 9.59 Å². The summed E-state index contributed by atoms with van der Waals surface area (Å²) in [4.78, 5) is 24.0. The van der Waals surface area contributed by atoms with Crippen LogP contribution in [0, 0.1) is 5.92 Å². The van der Waals surface area contributed by atoms with Gasteiger partial charge in [0.15, 0.2) is 0 Å². The third-order valence-electron chi connectivity index (χ3n) is 3.26. The van der Waals surface area contributed by atoms with Gasteiger partial charge in [-0.25, -0.2) is 0 Å². The monoisotopic (exact) mass is 288 g/mol. The molecule has 1 aromatic rings. The van der Waals surface area contributed by atoms with Crippen LogP contribution in [0.5, 0.6) is 5.75 Å². The fourth-order valence-corrected chi connectivity index (χ4v) is 2.18. The maximum Gasteiger partial charge on any atom is 0.268 e. The summed E-state index contributed by atoms with van der Waals surface area (Å²) in [7, 11) is 1.59. The van der Waals surface area contributed by atoms with Crippen molar-refractivity contribution in [2.24, 2.45) is 5.92 Å². The molecule has 0 saturated carbocycles. The van der Waals surface area contributed by atoms with Gasteiger partial charge in [0, 0.05) is 0 Å². The first-order valence-electron chi connectivity index (χ1n) is 6.97. The largest absolute Gasteiger partial charge is 0.497 e. The lowest BCUT2D eigenvalue weighted by Crippen LogP contribution is -2.55. The number of rotatable bonds is 4. The molecule has 0 aromatic heterocycles. The van der Waals surface area contributed by atoms with Crippen molar-refractivity contribution in [3.05, 3.63) is 35.5 Å². The summed E-state index contributed by atoms with van der Waals surface area (Å²) in [6.45, 7) is 4.03. The molecule has 1 heterocycles.